The average molecular weight is 734 g/mol. The highest BCUT2D eigenvalue weighted by atomic mass is 16.5. The predicted molar refractivity (Wildman–Crippen MR) is 206 cm³/mol. The lowest BCUT2D eigenvalue weighted by molar-refractivity contribution is -0.235. The van der Waals surface area contributed by atoms with Crippen molar-refractivity contribution >= 4 is 17.7 Å². The maximum absolute atomic E-state index is 14.1. The van der Waals surface area contributed by atoms with Gasteiger partial charge >= 0.3 is 11.9 Å². The molecule has 4 N–H and O–H groups in total. The summed E-state index contributed by atoms with van der Waals surface area (Å²) in [5, 5.41) is 35.6. The van der Waals surface area contributed by atoms with Gasteiger partial charge in [0, 0.05) is 23.8 Å². The van der Waals surface area contributed by atoms with Gasteiger partial charge in [-0.25, -0.2) is 0 Å². The van der Waals surface area contributed by atoms with Crippen LogP contribution in [0.5, 0.6) is 0 Å². The highest BCUT2D eigenvalue weighted by Gasteiger charge is 2.70. The number of allylic oxidation sites excluding steroid dienone is 1. The largest absolute Gasteiger partial charge is 0.481 e. The van der Waals surface area contributed by atoms with Crippen molar-refractivity contribution in [2.75, 3.05) is 13.2 Å². The topological polar surface area (TPSA) is 133 Å². The second kappa shape index (κ2) is 13.9. The molecule has 294 valence electrons. The first-order valence-electron chi connectivity index (χ1n) is 20.5. The normalized spacial score (nSPS) is 37.6. The lowest BCUT2D eigenvalue weighted by atomic mass is 9.33. The molecule has 10 atom stereocenters. The zero-order chi connectivity index (χ0) is 38.9. The van der Waals surface area contributed by atoms with Gasteiger partial charge in [0.15, 0.2) is 5.78 Å². The molecule has 53 heavy (non-hydrogen) atoms. The SMILES string of the molecule is CC(C)C1=C2[C@H]3CC[C@@H]4[C@@]5(C)CC[C@H](OC(=O)CC(C)(C)C(=O)O)C(C)(C)[C@@H]5CC[C@@]4(C)[C@]3(C)CCC2(C(O)CN[C@@H](CO)c2ccccc2)CC1=O. The van der Waals surface area contributed by atoms with Crippen LogP contribution < -0.4 is 5.32 Å². The van der Waals surface area contributed by atoms with Crippen LogP contribution in [-0.4, -0.2) is 58.4 Å². The molecule has 4 fully saturated rings. The highest BCUT2D eigenvalue weighted by molar-refractivity contribution is 6.00. The lowest BCUT2D eigenvalue weighted by Crippen LogP contribution is -2.66. The van der Waals surface area contributed by atoms with Gasteiger partial charge < -0.3 is 25.4 Å². The minimum Gasteiger partial charge on any atom is -0.481 e. The third-order valence-electron chi connectivity index (χ3n) is 16.4. The summed E-state index contributed by atoms with van der Waals surface area (Å²) in [6.07, 6.45) is 6.81. The zero-order valence-corrected chi connectivity index (χ0v) is 33.9. The lowest BCUT2D eigenvalue weighted by Gasteiger charge is -2.72. The Morgan fingerprint density at radius 3 is 2.23 bits per heavy atom. The summed E-state index contributed by atoms with van der Waals surface area (Å²) in [7, 11) is 0. The van der Waals surface area contributed by atoms with Crippen LogP contribution in [0.25, 0.3) is 0 Å². The summed E-state index contributed by atoms with van der Waals surface area (Å²) in [6.45, 7) is 19.7. The third-order valence-corrected chi connectivity index (χ3v) is 16.4. The molecule has 0 bridgehead atoms. The monoisotopic (exact) mass is 733 g/mol. The number of nitrogens with one attached hydrogen (secondary N) is 1. The second-order valence-electron chi connectivity index (χ2n) is 20.1. The molecule has 0 saturated heterocycles. The van der Waals surface area contributed by atoms with E-state index in [1.165, 1.54) is 5.57 Å². The van der Waals surface area contributed by atoms with E-state index in [2.05, 4.69) is 53.8 Å². The number of fused-ring (bicyclic) bond motifs is 7. The second-order valence-corrected chi connectivity index (χ2v) is 20.1. The molecular weight excluding hydrogens is 666 g/mol. The number of carbonyl (C=O) groups is 3. The minimum absolute atomic E-state index is 0.0255. The molecule has 2 unspecified atom stereocenters. The molecule has 0 aliphatic heterocycles. The summed E-state index contributed by atoms with van der Waals surface area (Å²) in [5.41, 5.74) is 1.17. The molecular formula is C45H67NO7. The van der Waals surface area contributed by atoms with Gasteiger partial charge in [-0.2, -0.15) is 0 Å². The number of hydrogen-bond donors (Lipinski definition) is 4. The van der Waals surface area contributed by atoms with Crippen molar-refractivity contribution in [3.05, 3.63) is 47.0 Å². The van der Waals surface area contributed by atoms with Gasteiger partial charge in [0.2, 0.25) is 0 Å². The van der Waals surface area contributed by atoms with Crippen molar-refractivity contribution in [3.63, 3.8) is 0 Å². The Labute approximate surface area is 317 Å². The number of carboxylic acids is 1. The standard InChI is InChI=1S/C45H67NO7/c1-27(2)37-31(48)23-45(34(49)25-46-30(26-47)28-13-11-10-12-14-28)22-21-43(8)29(38(37)45)15-16-33-42(7)19-18-35(53-36(50)24-40(3,4)39(51)52)41(5,6)32(42)17-20-44(33,43)9/h10-14,27,29-30,32-35,46-47,49H,15-26H2,1-9H3,(H,51,52)/t29-,30+,32+,33-,34?,35+,42+,43-,44-,45?/m1/s1. The smallest absolute Gasteiger partial charge is 0.309 e. The van der Waals surface area contributed by atoms with Gasteiger partial charge in [-0.3, -0.25) is 14.4 Å². The quantitative estimate of drug-likeness (QED) is 0.168. The fraction of sp³-hybridized carbons (Fsp3) is 0.756. The maximum atomic E-state index is 14.1. The molecule has 1 aromatic carbocycles. The van der Waals surface area contributed by atoms with E-state index in [0.717, 1.165) is 62.5 Å². The number of aliphatic carboxylic acids is 1. The molecule has 0 radical (unpaired) electrons. The number of benzene rings is 1. The molecule has 0 heterocycles. The molecule has 0 spiro atoms. The predicted octanol–water partition coefficient (Wildman–Crippen LogP) is 8.06. The summed E-state index contributed by atoms with van der Waals surface area (Å²) < 4.78 is 6.16. The summed E-state index contributed by atoms with van der Waals surface area (Å²) >= 11 is 0. The molecule has 0 amide bonds. The van der Waals surface area contributed by atoms with Crippen LogP contribution in [0.3, 0.4) is 0 Å². The van der Waals surface area contributed by atoms with E-state index >= 15 is 0 Å². The number of Topliss-reactive ketones (excluding diaryl/α,β-unsaturated/α-hetero) is 1. The number of hydrogen-bond acceptors (Lipinski definition) is 7. The number of esters is 1. The van der Waals surface area contributed by atoms with E-state index in [1.807, 2.05) is 30.3 Å². The number of aliphatic hydroxyl groups excluding tert-OH is 2. The fourth-order valence-electron chi connectivity index (χ4n) is 13.3. The van der Waals surface area contributed by atoms with Gasteiger partial charge in [0.25, 0.3) is 0 Å². The van der Waals surface area contributed by atoms with Crippen molar-refractivity contribution < 1.29 is 34.4 Å². The van der Waals surface area contributed by atoms with Crippen LogP contribution in [0.1, 0.15) is 138 Å². The first-order chi connectivity index (χ1) is 24.7. The van der Waals surface area contributed by atoms with E-state index in [0.29, 0.717) is 24.8 Å². The molecule has 4 saturated carbocycles. The molecule has 6 rings (SSSR count). The van der Waals surface area contributed by atoms with Crippen LogP contribution in [0, 0.1) is 56.2 Å². The van der Waals surface area contributed by atoms with E-state index in [4.69, 9.17) is 4.74 Å². The Balaban J connectivity index is 1.27. The fourth-order valence-corrected chi connectivity index (χ4v) is 13.3. The Hall–Kier alpha value is -2.55. The van der Waals surface area contributed by atoms with Gasteiger partial charge in [0.1, 0.15) is 6.10 Å². The van der Waals surface area contributed by atoms with Crippen LogP contribution in [0.15, 0.2) is 41.5 Å². The van der Waals surface area contributed by atoms with Crippen molar-refractivity contribution in [3.8, 4) is 0 Å². The summed E-state index contributed by atoms with van der Waals surface area (Å²) in [5.74, 6) is -0.120. The van der Waals surface area contributed by atoms with E-state index in [9.17, 15) is 29.7 Å². The van der Waals surface area contributed by atoms with Gasteiger partial charge in [-0.1, -0.05) is 84.4 Å². The van der Waals surface area contributed by atoms with E-state index in [-0.39, 0.29) is 64.5 Å². The molecule has 5 aliphatic rings. The average Bonchev–Trinajstić information content (AvgIpc) is 3.40. The van der Waals surface area contributed by atoms with E-state index in [1.54, 1.807) is 13.8 Å². The van der Waals surface area contributed by atoms with E-state index < -0.39 is 28.9 Å². The van der Waals surface area contributed by atoms with Crippen molar-refractivity contribution in [1.82, 2.24) is 5.32 Å². The first-order valence-corrected chi connectivity index (χ1v) is 20.5. The number of ketones is 1. The Kier molecular flexibility index (Phi) is 10.5. The third kappa shape index (κ3) is 6.25. The van der Waals surface area contributed by atoms with Gasteiger partial charge in [-0.05, 0) is 116 Å². The van der Waals surface area contributed by atoms with Crippen LogP contribution in [0.4, 0.5) is 0 Å². The Morgan fingerprint density at radius 1 is 0.925 bits per heavy atom. The summed E-state index contributed by atoms with van der Waals surface area (Å²) in [6, 6.07) is 9.56. The van der Waals surface area contributed by atoms with Gasteiger partial charge in [0.05, 0.1) is 30.6 Å². The van der Waals surface area contributed by atoms with Crippen LogP contribution in [-0.2, 0) is 19.1 Å². The minimum atomic E-state index is -1.17. The van der Waals surface area contributed by atoms with Crippen LogP contribution >= 0.6 is 0 Å². The van der Waals surface area contributed by atoms with Gasteiger partial charge in [-0.15, -0.1) is 0 Å². The number of carbonyl (C=O) groups excluding carboxylic acids is 2. The van der Waals surface area contributed by atoms with Crippen LogP contribution in [0.2, 0.25) is 0 Å². The zero-order valence-electron chi connectivity index (χ0n) is 33.9. The summed E-state index contributed by atoms with van der Waals surface area (Å²) in [4.78, 5) is 38.9. The number of rotatable bonds is 11. The molecule has 1 aromatic rings. The molecule has 8 heteroatoms. The Morgan fingerprint density at radius 2 is 1.60 bits per heavy atom. The first kappa shape index (κ1) is 40.1. The Bertz CT molecular complexity index is 1610. The molecule has 8 nitrogen and oxygen atoms in total. The van der Waals surface area contributed by atoms with Crippen molar-refractivity contribution in [1.29, 1.82) is 0 Å². The molecule has 5 aliphatic carbocycles. The number of carboxylic acid groups (broad SMARTS) is 1. The maximum Gasteiger partial charge on any atom is 0.309 e. The number of aliphatic hydroxyl groups is 2. The highest BCUT2D eigenvalue weighted by Crippen LogP contribution is 2.77. The van der Waals surface area contributed by atoms with Crippen molar-refractivity contribution in [2.24, 2.45) is 56.2 Å². The van der Waals surface area contributed by atoms with Crippen molar-refractivity contribution in [2.45, 2.75) is 145 Å². The molecule has 0 aromatic heterocycles. The number of ether oxygens (including phenoxy) is 1.